The molecule has 0 N–H and O–H groups in total. The summed E-state index contributed by atoms with van der Waals surface area (Å²) >= 11 is 0. The van der Waals surface area contributed by atoms with Crippen LogP contribution < -0.4 is 8.92 Å². The maximum Gasteiger partial charge on any atom is 0.339 e. The van der Waals surface area contributed by atoms with Crippen LogP contribution in [0.1, 0.15) is 19.4 Å². The second kappa shape index (κ2) is 5.48. The van der Waals surface area contributed by atoms with E-state index in [1.54, 1.807) is 6.07 Å². The molecule has 8 heteroatoms. The minimum absolute atomic E-state index is 0.108. The highest BCUT2D eigenvalue weighted by Gasteiger charge is 2.33. The number of rotatable bonds is 4. The molecule has 2 aromatic carbocycles. The minimum Gasteiger partial charge on any atom is -0.483 e. The van der Waals surface area contributed by atoms with Gasteiger partial charge in [0.15, 0.2) is 11.5 Å². The van der Waals surface area contributed by atoms with E-state index in [4.69, 9.17) is 8.92 Å². The third-order valence-electron chi connectivity index (χ3n) is 3.59. The summed E-state index contributed by atoms with van der Waals surface area (Å²) < 4.78 is 35.8. The molecule has 0 aliphatic carbocycles. The predicted molar refractivity (Wildman–Crippen MR) is 85.8 cm³/mol. The Morgan fingerprint density at radius 3 is 2.46 bits per heavy atom. The molecule has 24 heavy (non-hydrogen) atoms. The fourth-order valence-electron chi connectivity index (χ4n) is 2.55. The van der Waals surface area contributed by atoms with Crippen molar-refractivity contribution in [3.8, 4) is 11.5 Å². The number of nitrogens with zero attached hydrogens (tertiary/aromatic N) is 1. The van der Waals surface area contributed by atoms with E-state index in [0.29, 0.717) is 12.2 Å². The third kappa shape index (κ3) is 3.05. The van der Waals surface area contributed by atoms with Crippen LogP contribution in [0.25, 0.3) is 0 Å². The lowest BCUT2D eigenvalue weighted by Crippen LogP contribution is -2.24. The molecule has 0 saturated carbocycles. The quantitative estimate of drug-likeness (QED) is 0.478. The summed E-state index contributed by atoms with van der Waals surface area (Å²) in [6.07, 6.45) is 0.650. The number of hydrogen-bond acceptors (Lipinski definition) is 6. The zero-order chi connectivity index (χ0) is 17.5. The maximum atomic E-state index is 12.4. The fourth-order valence-corrected chi connectivity index (χ4v) is 3.49. The van der Waals surface area contributed by atoms with E-state index < -0.39 is 20.6 Å². The van der Waals surface area contributed by atoms with Gasteiger partial charge in [-0.3, -0.25) is 10.1 Å². The minimum atomic E-state index is -4.12. The van der Waals surface area contributed by atoms with Crippen molar-refractivity contribution in [1.82, 2.24) is 0 Å². The van der Waals surface area contributed by atoms with Crippen molar-refractivity contribution < 1.29 is 22.3 Å². The van der Waals surface area contributed by atoms with Gasteiger partial charge >= 0.3 is 10.1 Å². The van der Waals surface area contributed by atoms with E-state index in [-0.39, 0.29) is 16.3 Å². The number of para-hydroxylation sites is 1. The van der Waals surface area contributed by atoms with Gasteiger partial charge in [-0.05, 0) is 32.0 Å². The molecule has 0 aromatic heterocycles. The number of hydrogen-bond donors (Lipinski definition) is 0. The summed E-state index contributed by atoms with van der Waals surface area (Å²) in [5, 5.41) is 10.7. The Morgan fingerprint density at radius 2 is 1.83 bits per heavy atom. The first-order chi connectivity index (χ1) is 11.2. The van der Waals surface area contributed by atoms with Gasteiger partial charge in [-0.1, -0.05) is 12.1 Å². The lowest BCUT2D eigenvalue weighted by atomic mass is 10.0. The first-order valence-corrected chi connectivity index (χ1v) is 8.59. The topological polar surface area (TPSA) is 95.7 Å². The second-order valence-electron chi connectivity index (χ2n) is 6.07. The van der Waals surface area contributed by atoms with Crippen LogP contribution in [-0.2, 0) is 16.5 Å². The monoisotopic (exact) mass is 349 g/mol. The average molecular weight is 349 g/mol. The van der Waals surface area contributed by atoms with Crippen LogP contribution in [0.15, 0.2) is 47.4 Å². The van der Waals surface area contributed by atoms with Crippen molar-refractivity contribution in [3.05, 3.63) is 58.1 Å². The summed E-state index contributed by atoms with van der Waals surface area (Å²) in [6.45, 7) is 3.81. The highest BCUT2D eigenvalue weighted by atomic mass is 32.2. The molecule has 0 spiro atoms. The Hall–Kier alpha value is -2.61. The number of ether oxygens (including phenoxy) is 1. The summed E-state index contributed by atoms with van der Waals surface area (Å²) in [6, 6.07) is 9.59. The highest BCUT2D eigenvalue weighted by Crippen LogP contribution is 2.42. The molecule has 3 rings (SSSR count). The Bertz CT molecular complexity index is 903. The zero-order valence-corrected chi connectivity index (χ0v) is 13.9. The van der Waals surface area contributed by atoms with Crippen molar-refractivity contribution in [1.29, 1.82) is 0 Å². The Morgan fingerprint density at radius 1 is 1.17 bits per heavy atom. The Kier molecular flexibility index (Phi) is 3.71. The standard InChI is InChI=1S/C16H15NO6S/c1-16(2)10-11-4-3-5-14(15(11)22-16)23-24(20,21)13-8-6-12(7-9-13)17(18)19/h3-9H,10H2,1-2H3. The normalized spacial score (nSPS) is 15.4. The van der Waals surface area contributed by atoms with Crippen molar-refractivity contribution in [2.45, 2.75) is 30.8 Å². The van der Waals surface area contributed by atoms with Crippen molar-refractivity contribution >= 4 is 15.8 Å². The first-order valence-electron chi connectivity index (χ1n) is 7.18. The molecule has 126 valence electrons. The summed E-state index contributed by atoms with van der Waals surface area (Å²) in [4.78, 5) is 9.89. The Balaban J connectivity index is 1.91. The van der Waals surface area contributed by atoms with E-state index in [9.17, 15) is 18.5 Å². The molecular formula is C16H15NO6S. The Labute approximate surface area is 139 Å². The SMILES string of the molecule is CC1(C)Cc2cccc(OS(=O)(=O)c3ccc([N+](=O)[O-])cc3)c2O1. The van der Waals surface area contributed by atoms with Crippen LogP contribution >= 0.6 is 0 Å². The van der Waals surface area contributed by atoms with Crippen LogP contribution in [-0.4, -0.2) is 18.9 Å². The van der Waals surface area contributed by atoms with Crippen LogP contribution in [0.4, 0.5) is 5.69 Å². The highest BCUT2D eigenvalue weighted by molar-refractivity contribution is 7.87. The van der Waals surface area contributed by atoms with Crippen molar-refractivity contribution in [2.24, 2.45) is 0 Å². The maximum absolute atomic E-state index is 12.4. The fraction of sp³-hybridized carbons (Fsp3) is 0.250. The van der Waals surface area contributed by atoms with Gasteiger partial charge in [-0.2, -0.15) is 8.42 Å². The number of nitro benzene ring substituents is 1. The molecule has 0 saturated heterocycles. The number of non-ortho nitro benzene ring substituents is 1. The zero-order valence-electron chi connectivity index (χ0n) is 13.1. The van der Waals surface area contributed by atoms with Gasteiger partial charge < -0.3 is 8.92 Å². The predicted octanol–water partition coefficient (Wildman–Crippen LogP) is 3.08. The second-order valence-corrected chi connectivity index (χ2v) is 7.62. The van der Waals surface area contributed by atoms with E-state index in [1.807, 2.05) is 19.9 Å². The molecular weight excluding hydrogens is 334 g/mol. The van der Waals surface area contributed by atoms with Gasteiger partial charge in [0.1, 0.15) is 10.5 Å². The molecule has 1 aliphatic heterocycles. The molecule has 0 unspecified atom stereocenters. The van der Waals surface area contributed by atoms with Crippen LogP contribution in [0.5, 0.6) is 11.5 Å². The summed E-state index contributed by atoms with van der Waals surface area (Å²) in [5.41, 5.74) is 0.245. The molecule has 0 fully saturated rings. The largest absolute Gasteiger partial charge is 0.483 e. The van der Waals surface area contributed by atoms with Gasteiger partial charge in [0.25, 0.3) is 5.69 Å². The smallest absolute Gasteiger partial charge is 0.339 e. The lowest BCUT2D eigenvalue weighted by molar-refractivity contribution is -0.384. The van der Waals surface area contributed by atoms with Crippen LogP contribution in [0.3, 0.4) is 0 Å². The van der Waals surface area contributed by atoms with Gasteiger partial charge in [-0.25, -0.2) is 0 Å². The van der Waals surface area contributed by atoms with Gasteiger partial charge in [0.2, 0.25) is 0 Å². The van der Waals surface area contributed by atoms with Crippen LogP contribution in [0, 0.1) is 10.1 Å². The van der Waals surface area contributed by atoms with Crippen molar-refractivity contribution in [3.63, 3.8) is 0 Å². The van der Waals surface area contributed by atoms with Gasteiger partial charge in [-0.15, -0.1) is 0 Å². The molecule has 7 nitrogen and oxygen atoms in total. The lowest BCUT2D eigenvalue weighted by Gasteiger charge is -2.18. The molecule has 0 amide bonds. The van der Waals surface area contributed by atoms with E-state index >= 15 is 0 Å². The number of benzene rings is 2. The summed E-state index contributed by atoms with van der Waals surface area (Å²) in [5.74, 6) is 0.518. The molecule has 0 radical (unpaired) electrons. The van der Waals surface area contributed by atoms with Crippen LogP contribution in [0.2, 0.25) is 0 Å². The average Bonchev–Trinajstić information content (AvgIpc) is 2.82. The van der Waals surface area contributed by atoms with Crippen molar-refractivity contribution in [2.75, 3.05) is 0 Å². The van der Waals surface area contributed by atoms with Gasteiger partial charge in [0, 0.05) is 24.1 Å². The molecule has 2 aromatic rings. The third-order valence-corrected chi connectivity index (χ3v) is 4.84. The molecule has 1 aliphatic rings. The molecule has 0 bridgehead atoms. The summed E-state index contributed by atoms with van der Waals surface area (Å²) in [7, 11) is -4.12. The van der Waals surface area contributed by atoms with E-state index in [2.05, 4.69) is 0 Å². The first kappa shape index (κ1) is 16.3. The van der Waals surface area contributed by atoms with E-state index in [0.717, 1.165) is 29.8 Å². The van der Waals surface area contributed by atoms with Gasteiger partial charge in [0.05, 0.1) is 4.92 Å². The van der Waals surface area contributed by atoms with E-state index in [1.165, 1.54) is 6.07 Å². The number of fused-ring (bicyclic) bond motifs is 1. The molecule has 0 atom stereocenters. The molecule has 1 heterocycles. The number of nitro groups is 1.